The van der Waals surface area contributed by atoms with Crippen molar-refractivity contribution in [3.8, 4) is 17.6 Å². The van der Waals surface area contributed by atoms with Crippen LogP contribution in [-0.4, -0.2) is 185 Å². The fourth-order valence-corrected chi connectivity index (χ4v) is 10.1. The van der Waals surface area contributed by atoms with Crippen molar-refractivity contribution in [2.24, 2.45) is 17.8 Å². The van der Waals surface area contributed by atoms with Crippen LogP contribution in [0.1, 0.15) is 127 Å². The van der Waals surface area contributed by atoms with Gasteiger partial charge in [0.15, 0.2) is 11.9 Å². The van der Waals surface area contributed by atoms with Gasteiger partial charge < -0.3 is 64.6 Å². The molecule has 2 aliphatic rings. The Labute approximate surface area is 491 Å². The van der Waals surface area contributed by atoms with Crippen LogP contribution in [0.5, 0.6) is 5.75 Å². The predicted molar refractivity (Wildman–Crippen MR) is 307 cm³/mol. The lowest BCUT2D eigenvalue weighted by Crippen LogP contribution is -2.58. The number of amides is 6. The number of rotatable bonds is 19. The van der Waals surface area contributed by atoms with E-state index in [4.69, 9.17) is 33.2 Å². The molecule has 25 heteroatoms. The highest BCUT2D eigenvalue weighted by atomic mass is 32.1. The van der Waals surface area contributed by atoms with Crippen molar-refractivity contribution in [2.45, 2.75) is 137 Å². The fourth-order valence-electron chi connectivity index (χ4n) is 9.22. The highest BCUT2D eigenvalue weighted by Gasteiger charge is 2.38. The first-order valence-electron chi connectivity index (χ1n) is 28.6. The van der Waals surface area contributed by atoms with Gasteiger partial charge in [0, 0.05) is 62.8 Å². The van der Waals surface area contributed by atoms with Crippen LogP contribution in [0.4, 0.5) is 5.69 Å². The zero-order valence-corrected chi connectivity index (χ0v) is 50.4. The number of thiazole rings is 1. The lowest BCUT2D eigenvalue weighted by molar-refractivity contribution is -0.149. The van der Waals surface area contributed by atoms with Crippen LogP contribution in [0, 0.1) is 29.6 Å². The van der Waals surface area contributed by atoms with E-state index >= 15 is 0 Å². The molecule has 1 aromatic carbocycles. The molecule has 4 rings (SSSR count). The number of hydrogen-bond acceptors (Lipinski definition) is 19. The summed E-state index contributed by atoms with van der Waals surface area (Å²) in [6.07, 6.45) is 2.45. The third-order valence-electron chi connectivity index (χ3n) is 14.0. The summed E-state index contributed by atoms with van der Waals surface area (Å²) in [7, 11) is 3.61. The van der Waals surface area contributed by atoms with Gasteiger partial charge in [-0.3, -0.25) is 48.1 Å². The van der Waals surface area contributed by atoms with Crippen LogP contribution in [0.3, 0.4) is 0 Å². The van der Waals surface area contributed by atoms with Gasteiger partial charge in [-0.05, 0) is 75.7 Å². The Morgan fingerprint density at radius 2 is 1.49 bits per heavy atom. The summed E-state index contributed by atoms with van der Waals surface area (Å²) in [5.41, 5.74) is 0.740. The van der Waals surface area contributed by atoms with E-state index in [0.717, 1.165) is 30.7 Å². The molecular formula is C58H86N8O16S. The molecule has 1 fully saturated rings. The van der Waals surface area contributed by atoms with Crippen LogP contribution in [0.2, 0.25) is 0 Å². The Bertz CT molecular complexity index is 2530. The van der Waals surface area contributed by atoms with Crippen LogP contribution < -0.4 is 31.3 Å². The second-order valence-corrected chi connectivity index (χ2v) is 21.7. The number of esters is 3. The molecule has 0 saturated carbocycles. The molecule has 7 atom stereocenters. The Morgan fingerprint density at radius 1 is 0.855 bits per heavy atom. The minimum absolute atomic E-state index is 0.00657. The standard InChI is InChI=1S/C58H86N8O16S/c1-10-38(5)53(64-55(73)45-14-12-13-23-65(45)8)57(74)66(9)46(37(3)4)35-48(81-40(7)67)56-63-44(36-83-56)54(72)61-42(32-39(6)58(75)80-11-2)33-41-15-16-47-43(34-41)62-51(70)19-24-76-28-30-78-26-21-59-49(68)17-18-50(69)60-22-27-79-31-29-77-25-20-52(71)82-47/h15-16,34,36-39,42,45-46,48,53H,10-14,19-33,35H2,1-9H3,(H,59,68)(H,60,69)(H,61,72)(H,62,70)(H,64,73)/t38-,39?,42+,45+,46?,48+,53-/m0/s1. The number of nitrogens with one attached hydrogen (secondary N) is 5. The number of aromatic nitrogens is 1. The molecule has 3 heterocycles. The van der Waals surface area contributed by atoms with Gasteiger partial charge in [-0.15, -0.1) is 11.3 Å². The summed E-state index contributed by atoms with van der Waals surface area (Å²) < 4.78 is 39.0. The third-order valence-corrected chi connectivity index (χ3v) is 14.9. The minimum Gasteiger partial charge on any atom is -0.466 e. The number of fused-ring (bicyclic) bond motifs is 1. The van der Waals surface area contributed by atoms with Crippen molar-refractivity contribution in [1.82, 2.24) is 36.1 Å². The molecule has 83 heavy (non-hydrogen) atoms. The van der Waals surface area contributed by atoms with Crippen molar-refractivity contribution in [2.75, 3.05) is 98.5 Å². The summed E-state index contributed by atoms with van der Waals surface area (Å²) in [5, 5.41) is 15.8. The van der Waals surface area contributed by atoms with Crippen LogP contribution >= 0.6 is 11.3 Å². The number of piperidine rings is 1. The molecule has 5 N–H and O–H groups in total. The van der Waals surface area contributed by atoms with E-state index < -0.39 is 71.7 Å². The number of likely N-dealkylation sites (N-methyl/N-ethyl adjacent to an activating group) is 2. The second-order valence-electron chi connectivity index (χ2n) is 20.9. The molecule has 2 aromatic rings. The molecule has 0 aliphatic carbocycles. The van der Waals surface area contributed by atoms with E-state index in [1.54, 1.807) is 37.9 Å². The quantitative estimate of drug-likeness (QED) is 0.0764. The highest BCUT2D eigenvalue weighted by Crippen LogP contribution is 2.32. The Morgan fingerprint density at radius 3 is 2.10 bits per heavy atom. The zero-order valence-electron chi connectivity index (χ0n) is 49.6. The van der Waals surface area contributed by atoms with Crippen LogP contribution in [-0.2, 0) is 73.2 Å². The molecule has 0 radical (unpaired) electrons. The van der Waals surface area contributed by atoms with Gasteiger partial charge >= 0.3 is 17.9 Å². The van der Waals surface area contributed by atoms with E-state index in [-0.39, 0.29) is 151 Å². The van der Waals surface area contributed by atoms with Crippen molar-refractivity contribution in [1.29, 1.82) is 0 Å². The number of hydrogen-bond donors (Lipinski definition) is 5. The van der Waals surface area contributed by atoms with Gasteiger partial charge in [-0.25, -0.2) is 4.98 Å². The Balaban J connectivity index is 1.54. The van der Waals surface area contributed by atoms with Crippen molar-refractivity contribution in [3.63, 3.8) is 0 Å². The smallest absolute Gasteiger partial charge is 0.313 e. The van der Waals surface area contributed by atoms with E-state index in [1.165, 1.54) is 18.4 Å². The van der Waals surface area contributed by atoms with Gasteiger partial charge in [0.2, 0.25) is 17.7 Å². The summed E-state index contributed by atoms with van der Waals surface area (Å²) in [5.74, 6) is -1.10. The maximum absolute atomic E-state index is 14.5. The SMILES string of the molecule is CCOC(=O)C(C)C[C@H](Cc1ccc2c(c1)NC(=O)CCOCCOCCNC(=O)C#CC(=O)NCCOCCOCCC(=O)O2)NC(=O)c1csc([C@@H](CC(C(C)C)N(C)C(=O)[C@@H](NC(=O)[C@H]2CCCCN2C)[C@@H](C)CC)OC(C)=O)n1. The lowest BCUT2D eigenvalue weighted by atomic mass is 9.92. The third kappa shape index (κ3) is 24.7. The maximum Gasteiger partial charge on any atom is 0.313 e. The number of likely N-dealkylation sites (tertiary alicyclic amines) is 1. The molecule has 0 spiro atoms. The number of ether oxygens (including phenoxy) is 7. The predicted octanol–water partition coefficient (Wildman–Crippen LogP) is 3.51. The average Bonchev–Trinajstić information content (AvgIpc) is 4.22. The average molecular weight is 1180 g/mol. The first-order valence-corrected chi connectivity index (χ1v) is 29.5. The van der Waals surface area contributed by atoms with Crippen LogP contribution in [0.25, 0.3) is 0 Å². The first-order chi connectivity index (χ1) is 39.7. The first kappa shape index (κ1) is 68.9. The van der Waals surface area contributed by atoms with E-state index in [2.05, 4.69) is 43.4 Å². The summed E-state index contributed by atoms with van der Waals surface area (Å²) in [6.45, 7) is 14.5. The van der Waals surface area contributed by atoms with Gasteiger partial charge in [-0.2, -0.15) is 0 Å². The Kier molecular flexibility index (Phi) is 30.6. The summed E-state index contributed by atoms with van der Waals surface area (Å²) in [4.78, 5) is 127. The molecule has 2 aliphatic heterocycles. The van der Waals surface area contributed by atoms with Crippen molar-refractivity contribution in [3.05, 3.63) is 39.8 Å². The van der Waals surface area contributed by atoms with E-state index in [0.29, 0.717) is 23.4 Å². The number of carbonyl (C=O) groups is 9. The minimum atomic E-state index is -0.957. The zero-order chi connectivity index (χ0) is 60.8. The van der Waals surface area contributed by atoms with E-state index in [9.17, 15) is 43.2 Å². The molecule has 24 nitrogen and oxygen atoms in total. The van der Waals surface area contributed by atoms with Gasteiger partial charge in [-0.1, -0.05) is 53.5 Å². The van der Waals surface area contributed by atoms with Crippen LogP contribution in [0.15, 0.2) is 23.6 Å². The summed E-state index contributed by atoms with van der Waals surface area (Å²) in [6, 6.07) is 2.44. The molecule has 1 saturated heterocycles. The molecule has 460 valence electrons. The number of anilines is 1. The van der Waals surface area contributed by atoms with Crippen molar-refractivity contribution >= 4 is 70.4 Å². The maximum atomic E-state index is 14.5. The highest BCUT2D eigenvalue weighted by molar-refractivity contribution is 7.09. The van der Waals surface area contributed by atoms with E-state index in [1.807, 2.05) is 39.6 Å². The normalized spacial score (nSPS) is 19.3. The van der Waals surface area contributed by atoms with Gasteiger partial charge in [0.1, 0.15) is 16.7 Å². The van der Waals surface area contributed by atoms with Gasteiger partial charge in [0.05, 0.1) is 90.0 Å². The topological polar surface area (TPSA) is 298 Å². The summed E-state index contributed by atoms with van der Waals surface area (Å²) >= 11 is 1.11. The number of carbonyl (C=O) groups excluding carboxylic acids is 9. The lowest BCUT2D eigenvalue weighted by Gasteiger charge is -2.38. The van der Waals surface area contributed by atoms with Crippen molar-refractivity contribution < 1.29 is 76.3 Å². The second kappa shape index (κ2) is 36.9. The monoisotopic (exact) mass is 1180 g/mol. The molecule has 1 aromatic heterocycles. The number of nitrogens with zero attached hydrogens (tertiary/aromatic N) is 3. The molecular weight excluding hydrogens is 1100 g/mol. The largest absolute Gasteiger partial charge is 0.466 e. The number of benzene rings is 1. The molecule has 2 unspecified atom stereocenters. The Hall–Kier alpha value is -6.56. The molecule has 0 bridgehead atoms. The van der Waals surface area contributed by atoms with Gasteiger partial charge in [0.25, 0.3) is 17.7 Å². The molecule has 6 amide bonds. The fraction of sp³-hybridized carbons (Fsp3) is 0.655.